The molecule has 0 atom stereocenters. The molecule has 0 fully saturated rings. The van der Waals surface area contributed by atoms with Crippen molar-refractivity contribution in [2.75, 3.05) is 11.2 Å². The lowest BCUT2D eigenvalue weighted by atomic mass is 10.2. The Kier molecular flexibility index (Phi) is 6.32. The molecular weight excluding hydrogens is 476 g/mol. The van der Waals surface area contributed by atoms with Crippen LogP contribution in [0.1, 0.15) is 21.6 Å². The minimum atomic E-state index is -3.71. The van der Waals surface area contributed by atoms with Gasteiger partial charge < -0.3 is 4.90 Å². The van der Waals surface area contributed by atoms with Gasteiger partial charge in [0.25, 0.3) is 5.91 Å². The average molecular weight is 491 g/mol. The number of nitrogens with one attached hydrogen (secondary N) is 1. The number of hydrogen-bond donors (Lipinski definition) is 1. The van der Waals surface area contributed by atoms with Gasteiger partial charge in [0, 0.05) is 5.69 Å². The van der Waals surface area contributed by atoms with E-state index in [0.717, 1.165) is 17.5 Å². The van der Waals surface area contributed by atoms with E-state index < -0.39 is 15.9 Å². The molecule has 1 amide bonds. The van der Waals surface area contributed by atoms with Crippen molar-refractivity contribution in [1.82, 2.24) is 9.71 Å². The van der Waals surface area contributed by atoms with Crippen molar-refractivity contribution in [1.29, 1.82) is 5.26 Å². The van der Waals surface area contributed by atoms with Crippen LogP contribution >= 0.6 is 27.3 Å². The zero-order valence-corrected chi connectivity index (χ0v) is 18.4. The molecule has 3 aromatic rings. The fourth-order valence-corrected chi connectivity index (χ4v) is 4.46. The highest BCUT2D eigenvalue weighted by molar-refractivity contribution is 9.11. The highest BCUT2D eigenvalue weighted by Crippen LogP contribution is 2.36. The minimum Gasteiger partial charge on any atom is -0.313 e. The number of aromatic nitrogens is 1. The van der Waals surface area contributed by atoms with Gasteiger partial charge >= 0.3 is 0 Å². The number of benzene rings is 2. The summed E-state index contributed by atoms with van der Waals surface area (Å²) in [6.07, 6.45) is 0.907. The van der Waals surface area contributed by atoms with Gasteiger partial charge in [-0.25, -0.2) is 18.1 Å². The first kappa shape index (κ1) is 21.0. The fraction of sp³-hybridized carbons (Fsp3) is 0.105. The number of anilines is 2. The van der Waals surface area contributed by atoms with Crippen LogP contribution in [0.15, 0.2) is 58.4 Å². The van der Waals surface area contributed by atoms with E-state index in [1.807, 2.05) is 40.0 Å². The van der Waals surface area contributed by atoms with Crippen molar-refractivity contribution in [3.63, 3.8) is 0 Å². The highest BCUT2D eigenvalue weighted by atomic mass is 79.9. The molecule has 0 aliphatic heterocycles. The lowest BCUT2D eigenvalue weighted by Gasteiger charge is -2.22. The molecular formula is C19H15BrN4O3S2. The van der Waals surface area contributed by atoms with Crippen LogP contribution in [-0.4, -0.2) is 25.6 Å². The Hall–Kier alpha value is -2.74. The van der Waals surface area contributed by atoms with Gasteiger partial charge in [0.2, 0.25) is 10.0 Å². The largest absolute Gasteiger partial charge is 0.313 e. The highest BCUT2D eigenvalue weighted by Gasteiger charge is 2.23. The number of halogens is 1. The van der Waals surface area contributed by atoms with Crippen LogP contribution in [0.4, 0.5) is 10.8 Å². The van der Waals surface area contributed by atoms with Gasteiger partial charge in [-0.3, -0.25) is 4.79 Å². The zero-order chi connectivity index (χ0) is 21.0. The number of rotatable bonds is 6. The molecule has 0 unspecified atom stereocenters. The predicted molar refractivity (Wildman–Crippen MR) is 116 cm³/mol. The number of nitriles is 1. The van der Waals surface area contributed by atoms with Crippen molar-refractivity contribution < 1.29 is 13.2 Å². The van der Waals surface area contributed by atoms with Gasteiger partial charge in [0.05, 0.1) is 24.4 Å². The summed E-state index contributed by atoms with van der Waals surface area (Å²) in [4.78, 5) is 18.5. The van der Waals surface area contributed by atoms with Crippen LogP contribution < -0.4 is 9.62 Å². The minimum absolute atomic E-state index is 0.0119. The maximum Gasteiger partial charge on any atom is 0.285 e. The molecule has 7 nitrogen and oxygen atoms in total. The first-order chi connectivity index (χ1) is 13.8. The van der Waals surface area contributed by atoms with Crippen LogP contribution in [-0.2, 0) is 16.6 Å². The molecule has 0 aliphatic rings. The van der Waals surface area contributed by atoms with Crippen LogP contribution in [0.5, 0.6) is 0 Å². The third kappa shape index (κ3) is 5.41. The molecule has 148 valence electrons. The monoisotopic (exact) mass is 490 g/mol. The maximum atomic E-state index is 12.3. The molecule has 1 heterocycles. The fourth-order valence-electron chi connectivity index (χ4n) is 2.51. The smallest absolute Gasteiger partial charge is 0.285 e. The van der Waals surface area contributed by atoms with Crippen LogP contribution in [0.25, 0.3) is 0 Å². The van der Waals surface area contributed by atoms with Crippen molar-refractivity contribution >= 4 is 54.0 Å². The number of sulfonamides is 1. The first-order valence-electron chi connectivity index (χ1n) is 8.27. The number of thiazole rings is 1. The van der Waals surface area contributed by atoms with E-state index in [1.165, 1.54) is 11.3 Å². The number of carbonyl (C=O) groups is 1. The number of amides is 1. The van der Waals surface area contributed by atoms with Crippen molar-refractivity contribution in [3.05, 3.63) is 75.2 Å². The summed E-state index contributed by atoms with van der Waals surface area (Å²) in [6, 6.07) is 18.8. The molecule has 0 aliphatic carbocycles. The average Bonchev–Trinajstić information content (AvgIpc) is 3.07. The predicted octanol–water partition coefficient (Wildman–Crippen LogP) is 3.80. The van der Waals surface area contributed by atoms with E-state index >= 15 is 0 Å². The van der Waals surface area contributed by atoms with E-state index in [9.17, 15) is 13.2 Å². The molecule has 1 aromatic heterocycles. The van der Waals surface area contributed by atoms with E-state index in [2.05, 4.69) is 27.0 Å². The lowest BCUT2D eigenvalue weighted by Crippen LogP contribution is -2.30. The molecule has 10 heteroatoms. The third-order valence-corrected chi connectivity index (χ3v) is 6.07. The Morgan fingerprint density at radius 1 is 1.21 bits per heavy atom. The Bertz CT molecular complexity index is 1170. The first-order valence-corrected chi connectivity index (χ1v) is 11.8. The Labute approximate surface area is 180 Å². The van der Waals surface area contributed by atoms with E-state index in [-0.39, 0.29) is 5.69 Å². The Morgan fingerprint density at radius 3 is 2.45 bits per heavy atom. The second-order valence-corrected chi connectivity index (χ2v) is 10.1. The molecule has 29 heavy (non-hydrogen) atoms. The van der Waals surface area contributed by atoms with Gasteiger partial charge in [0.1, 0.15) is 3.79 Å². The van der Waals surface area contributed by atoms with Gasteiger partial charge in [0.15, 0.2) is 10.8 Å². The number of hydrogen-bond acceptors (Lipinski definition) is 7. The van der Waals surface area contributed by atoms with Crippen LogP contribution in [0.3, 0.4) is 0 Å². The van der Waals surface area contributed by atoms with Crippen molar-refractivity contribution in [2.45, 2.75) is 6.54 Å². The van der Waals surface area contributed by atoms with Gasteiger partial charge in [-0.05, 0) is 45.8 Å². The molecule has 2 aromatic carbocycles. The third-order valence-electron chi connectivity index (χ3n) is 3.79. The van der Waals surface area contributed by atoms with Crippen molar-refractivity contribution in [2.24, 2.45) is 0 Å². The Balaban J connectivity index is 2.00. The van der Waals surface area contributed by atoms with Crippen molar-refractivity contribution in [3.8, 4) is 6.07 Å². The molecule has 3 rings (SSSR count). The summed E-state index contributed by atoms with van der Waals surface area (Å²) in [6.45, 7) is 0.472. The summed E-state index contributed by atoms with van der Waals surface area (Å²) in [7, 11) is -3.71. The normalized spacial score (nSPS) is 10.9. The van der Waals surface area contributed by atoms with Crippen LogP contribution in [0.2, 0.25) is 0 Å². The van der Waals surface area contributed by atoms with E-state index in [4.69, 9.17) is 5.26 Å². The summed E-state index contributed by atoms with van der Waals surface area (Å²) < 4.78 is 25.1. The second-order valence-electron chi connectivity index (χ2n) is 6.05. The van der Waals surface area contributed by atoms with Crippen LogP contribution in [0, 0.1) is 11.3 Å². The zero-order valence-electron chi connectivity index (χ0n) is 15.2. The summed E-state index contributed by atoms with van der Waals surface area (Å²) in [5.74, 6) is -0.804. The molecule has 1 N–H and O–H groups in total. The SMILES string of the molecule is CS(=O)(=O)NC(=O)c1nc(N(Cc2ccccc2)c2ccc(C#N)cc2)sc1Br. The number of carbonyl (C=O) groups excluding carboxylic acids is 1. The lowest BCUT2D eigenvalue weighted by molar-refractivity contribution is 0.0977. The molecule has 0 saturated heterocycles. The second kappa shape index (κ2) is 8.73. The standard InChI is InChI=1S/C19H15BrN4O3S2/c1-29(26,27)23-18(25)16-17(20)28-19(22-16)24(12-14-5-3-2-4-6-14)15-9-7-13(11-21)8-10-15/h2-10H,12H2,1H3,(H,23,25). The van der Waals surface area contributed by atoms with Gasteiger partial charge in [-0.15, -0.1) is 0 Å². The van der Waals surface area contributed by atoms with E-state index in [0.29, 0.717) is 21.0 Å². The molecule has 0 spiro atoms. The van der Waals surface area contributed by atoms with Gasteiger partial charge in [-0.1, -0.05) is 41.7 Å². The molecule has 0 bridgehead atoms. The van der Waals surface area contributed by atoms with E-state index in [1.54, 1.807) is 24.3 Å². The molecule has 0 radical (unpaired) electrons. The topological polar surface area (TPSA) is 103 Å². The summed E-state index contributed by atoms with van der Waals surface area (Å²) in [5, 5.41) is 9.54. The maximum absolute atomic E-state index is 12.3. The summed E-state index contributed by atoms with van der Waals surface area (Å²) >= 11 is 4.52. The Morgan fingerprint density at radius 2 is 1.86 bits per heavy atom. The quantitative estimate of drug-likeness (QED) is 0.563. The molecule has 0 saturated carbocycles. The number of nitrogens with zero attached hydrogens (tertiary/aromatic N) is 3. The summed E-state index contributed by atoms with van der Waals surface area (Å²) in [5.41, 5.74) is 2.32. The van der Waals surface area contributed by atoms with Gasteiger partial charge in [-0.2, -0.15) is 5.26 Å².